The Hall–Kier alpha value is -2.21. The Kier molecular flexibility index (Phi) is 7.13. The number of aryl methyl sites for hydroxylation is 1. The zero-order chi connectivity index (χ0) is 18.2. The summed E-state index contributed by atoms with van der Waals surface area (Å²) in [5, 5.41) is 1.02. The molecule has 0 radical (unpaired) electrons. The van der Waals surface area contributed by atoms with Gasteiger partial charge in [-0.1, -0.05) is 24.3 Å². The number of aromatic nitrogens is 1. The van der Waals surface area contributed by atoms with Crippen LogP contribution in [0.15, 0.2) is 36.4 Å². The highest BCUT2D eigenvalue weighted by atomic mass is 32.1. The summed E-state index contributed by atoms with van der Waals surface area (Å²) >= 11 is 1.65. The average Bonchev–Trinajstić information content (AvgIpc) is 3.00. The van der Waals surface area contributed by atoms with E-state index in [9.17, 15) is 9.59 Å². The van der Waals surface area contributed by atoms with Crippen LogP contribution in [0.5, 0.6) is 0 Å². The molecule has 0 saturated carbocycles. The van der Waals surface area contributed by atoms with Crippen molar-refractivity contribution >= 4 is 33.4 Å². The number of nitrogens with zero attached hydrogens (tertiary/aromatic N) is 2. The molecule has 1 heterocycles. The fourth-order valence-electron chi connectivity index (χ4n) is 2.42. The summed E-state index contributed by atoms with van der Waals surface area (Å²) in [5.74, 6) is -0.536. The number of likely N-dealkylation sites (N-methyl/N-ethyl adjacent to an activating group) is 1. The molecule has 0 N–H and O–H groups in total. The van der Waals surface area contributed by atoms with Crippen LogP contribution in [0.3, 0.4) is 0 Å². The van der Waals surface area contributed by atoms with Gasteiger partial charge in [0.1, 0.15) is 0 Å². The van der Waals surface area contributed by atoms with Crippen molar-refractivity contribution in [3.63, 3.8) is 0 Å². The number of esters is 1. The van der Waals surface area contributed by atoms with E-state index in [1.807, 2.05) is 38.1 Å². The minimum Gasteiger partial charge on any atom is -0.456 e. The van der Waals surface area contributed by atoms with Crippen LogP contribution >= 0.6 is 11.3 Å². The number of rotatable bonds is 9. The summed E-state index contributed by atoms with van der Waals surface area (Å²) in [6.07, 6.45) is 1.69. The summed E-state index contributed by atoms with van der Waals surface area (Å²) in [6, 6.07) is 7.99. The molecular weight excluding hydrogens is 336 g/mol. The quantitative estimate of drug-likeness (QED) is 0.506. The Morgan fingerprint density at radius 3 is 2.76 bits per heavy atom. The molecule has 25 heavy (non-hydrogen) atoms. The van der Waals surface area contributed by atoms with Crippen molar-refractivity contribution in [1.29, 1.82) is 0 Å². The molecule has 0 atom stereocenters. The van der Waals surface area contributed by atoms with Gasteiger partial charge in [-0.25, -0.2) is 4.98 Å². The van der Waals surface area contributed by atoms with Crippen LogP contribution < -0.4 is 0 Å². The van der Waals surface area contributed by atoms with Gasteiger partial charge in [0.15, 0.2) is 6.61 Å². The molecule has 134 valence electrons. The highest BCUT2D eigenvalue weighted by Gasteiger charge is 2.14. The van der Waals surface area contributed by atoms with Gasteiger partial charge in [0.25, 0.3) is 5.91 Å². The molecule has 5 nitrogen and oxygen atoms in total. The van der Waals surface area contributed by atoms with Crippen LogP contribution in [0.4, 0.5) is 0 Å². The van der Waals surface area contributed by atoms with E-state index in [0.717, 1.165) is 27.2 Å². The van der Waals surface area contributed by atoms with E-state index in [1.165, 1.54) is 0 Å². The number of hydrogen-bond acceptors (Lipinski definition) is 5. The lowest BCUT2D eigenvalue weighted by Gasteiger charge is -2.20. The molecule has 1 amide bonds. The fourth-order valence-corrected chi connectivity index (χ4v) is 3.43. The summed E-state index contributed by atoms with van der Waals surface area (Å²) in [5.41, 5.74) is 1.89. The number of thiazole rings is 1. The van der Waals surface area contributed by atoms with Crippen molar-refractivity contribution in [2.24, 2.45) is 0 Å². The van der Waals surface area contributed by atoms with Crippen LogP contribution in [-0.2, 0) is 20.7 Å². The van der Waals surface area contributed by atoms with Crippen LogP contribution in [0.2, 0.25) is 0 Å². The first-order chi connectivity index (χ1) is 12.0. The van der Waals surface area contributed by atoms with Crippen molar-refractivity contribution in [2.75, 3.05) is 19.7 Å². The van der Waals surface area contributed by atoms with Crippen LogP contribution in [-0.4, -0.2) is 41.5 Å². The van der Waals surface area contributed by atoms with Crippen LogP contribution in [0.25, 0.3) is 10.2 Å². The molecule has 0 aliphatic heterocycles. The first-order valence-electron chi connectivity index (χ1n) is 8.41. The van der Waals surface area contributed by atoms with Gasteiger partial charge in [0.05, 0.1) is 15.2 Å². The molecule has 0 fully saturated rings. The van der Waals surface area contributed by atoms with Gasteiger partial charge < -0.3 is 9.64 Å². The summed E-state index contributed by atoms with van der Waals surface area (Å²) in [7, 11) is 0. The molecule has 1 aromatic heterocycles. The fraction of sp³-hybridized carbons (Fsp3) is 0.421. The van der Waals surface area contributed by atoms with E-state index < -0.39 is 0 Å². The van der Waals surface area contributed by atoms with Crippen molar-refractivity contribution in [1.82, 2.24) is 9.88 Å². The van der Waals surface area contributed by atoms with Gasteiger partial charge in [-0.3, -0.25) is 9.59 Å². The van der Waals surface area contributed by atoms with Crippen molar-refractivity contribution in [2.45, 2.75) is 33.1 Å². The molecule has 0 aliphatic rings. The Balaban J connectivity index is 1.71. The second-order valence-corrected chi connectivity index (χ2v) is 7.07. The monoisotopic (exact) mass is 360 g/mol. The third kappa shape index (κ3) is 5.98. The highest BCUT2D eigenvalue weighted by molar-refractivity contribution is 7.18. The van der Waals surface area contributed by atoms with Gasteiger partial charge >= 0.3 is 5.97 Å². The molecular formula is C19H24N2O3S. The minimum atomic E-state index is -0.346. The smallest absolute Gasteiger partial charge is 0.306 e. The number of fused-ring (bicyclic) bond motifs is 1. The first-order valence-corrected chi connectivity index (χ1v) is 9.23. The van der Waals surface area contributed by atoms with E-state index >= 15 is 0 Å². The molecule has 6 heteroatoms. The van der Waals surface area contributed by atoms with Crippen molar-refractivity contribution < 1.29 is 14.3 Å². The number of para-hydroxylation sites is 1. The largest absolute Gasteiger partial charge is 0.456 e. The molecule has 0 bridgehead atoms. The number of amides is 1. The van der Waals surface area contributed by atoms with Crippen LogP contribution in [0, 0.1) is 0 Å². The van der Waals surface area contributed by atoms with Gasteiger partial charge in [-0.15, -0.1) is 11.3 Å². The number of ether oxygens (including phenoxy) is 1. The second kappa shape index (κ2) is 9.32. The molecule has 0 aliphatic carbocycles. The highest BCUT2D eigenvalue weighted by Crippen LogP contribution is 2.22. The number of carbonyl (C=O) groups excluding carboxylic acids is 2. The Morgan fingerprint density at radius 1 is 1.32 bits per heavy atom. The van der Waals surface area contributed by atoms with Gasteiger partial charge in [-0.2, -0.15) is 0 Å². The third-order valence-electron chi connectivity index (χ3n) is 3.66. The van der Waals surface area contributed by atoms with E-state index in [1.54, 1.807) is 16.2 Å². The maximum atomic E-state index is 12.0. The first kappa shape index (κ1) is 19.1. The zero-order valence-electron chi connectivity index (χ0n) is 14.8. The summed E-state index contributed by atoms with van der Waals surface area (Å²) < 4.78 is 6.24. The van der Waals surface area contributed by atoms with Gasteiger partial charge in [0, 0.05) is 19.5 Å². The number of hydrogen-bond donors (Lipinski definition) is 0. The predicted molar refractivity (Wildman–Crippen MR) is 101 cm³/mol. The van der Waals surface area contributed by atoms with E-state index in [4.69, 9.17) is 4.74 Å². The lowest BCUT2D eigenvalue weighted by molar-refractivity contribution is -0.151. The Morgan fingerprint density at radius 2 is 2.08 bits per heavy atom. The van der Waals surface area contributed by atoms with E-state index in [-0.39, 0.29) is 24.9 Å². The van der Waals surface area contributed by atoms with Gasteiger partial charge in [0.2, 0.25) is 0 Å². The van der Waals surface area contributed by atoms with E-state index in [0.29, 0.717) is 19.5 Å². The number of carbonyl (C=O) groups is 2. The van der Waals surface area contributed by atoms with Crippen molar-refractivity contribution in [3.8, 4) is 0 Å². The summed E-state index contributed by atoms with van der Waals surface area (Å²) in [4.78, 5) is 30.0. The second-order valence-electron chi connectivity index (χ2n) is 5.95. The maximum Gasteiger partial charge on any atom is 0.306 e. The molecule has 0 unspecified atom stereocenters. The molecule has 0 saturated heterocycles. The average molecular weight is 360 g/mol. The normalized spacial score (nSPS) is 10.6. The third-order valence-corrected chi connectivity index (χ3v) is 4.76. The van der Waals surface area contributed by atoms with Gasteiger partial charge in [-0.05, 0) is 38.8 Å². The Bertz CT molecular complexity index is 721. The van der Waals surface area contributed by atoms with Crippen LogP contribution in [0.1, 0.15) is 31.7 Å². The Labute approximate surface area is 152 Å². The van der Waals surface area contributed by atoms with Crippen molar-refractivity contribution in [3.05, 3.63) is 41.4 Å². The maximum absolute atomic E-state index is 12.0. The molecule has 2 rings (SSSR count). The predicted octanol–water partition coefficient (Wildman–Crippen LogP) is 3.59. The number of benzene rings is 1. The molecule has 2 aromatic rings. The van der Waals surface area contributed by atoms with E-state index in [2.05, 4.69) is 11.6 Å². The SMILES string of the molecule is C=C(C)CN(CC)C(=O)COC(=O)CCCc1nc2ccccc2s1. The lowest BCUT2D eigenvalue weighted by atomic mass is 10.2. The minimum absolute atomic E-state index is 0.190. The lowest BCUT2D eigenvalue weighted by Crippen LogP contribution is -2.35. The zero-order valence-corrected chi connectivity index (χ0v) is 15.6. The topological polar surface area (TPSA) is 59.5 Å². The summed E-state index contributed by atoms with van der Waals surface area (Å²) in [6.45, 7) is 8.41. The molecule has 0 spiro atoms. The molecule has 1 aromatic carbocycles. The standard InChI is InChI=1S/C19H24N2O3S/c1-4-21(12-14(2)3)18(22)13-24-19(23)11-7-10-17-20-15-8-5-6-9-16(15)25-17/h5-6,8-9H,2,4,7,10-13H2,1,3H3.